The summed E-state index contributed by atoms with van der Waals surface area (Å²) in [7, 11) is 0. The molecule has 0 saturated carbocycles. The van der Waals surface area contributed by atoms with Gasteiger partial charge in [0.25, 0.3) is 0 Å². The molecule has 4 heteroatoms. The van der Waals surface area contributed by atoms with Crippen molar-refractivity contribution in [2.24, 2.45) is 11.8 Å². The van der Waals surface area contributed by atoms with Crippen LogP contribution < -0.4 is 0 Å². The lowest BCUT2D eigenvalue weighted by molar-refractivity contribution is 0.0927. The summed E-state index contributed by atoms with van der Waals surface area (Å²) >= 11 is 0. The van der Waals surface area contributed by atoms with Gasteiger partial charge in [-0.05, 0) is 56.3 Å². The number of rotatable bonds is 4. The highest BCUT2D eigenvalue weighted by molar-refractivity contribution is 5.97. The highest BCUT2D eigenvalue weighted by Crippen LogP contribution is 2.24. The van der Waals surface area contributed by atoms with Gasteiger partial charge in [-0.25, -0.2) is 8.78 Å². The number of nitrogens with zero attached hydrogens (tertiary/aromatic N) is 1. The lowest BCUT2D eigenvalue weighted by atomic mass is 9.89. The minimum atomic E-state index is -0.769. The summed E-state index contributed by atoms with van der Waals surface area (Å²) in [5, 5.41) is 0. The van der Waals surface area contributed by atoms with E-state index in [1.165, 1.54) is 12.5 Å². The summed E-state index contributed by atoms with van der Waals surface area (Å²) in [4.78, 5) is 14.3. The van der Waals surface area contributed by atoms with Gasteiger partial charge in [0.15, 0.2) is 5.78 Å². The Bertz CT molecular complexity index is 502. The number of carbonyl (C=O) groups is 1. The van der Waals surface area contributed by atoms with Crippen molar-refractivity contribution in [1.82, 2.24) is 4.90 Å². The topological polar surface area (TPSA) is 20.3 Å². The highest BCUT2D eigenvalue weighted by Gasteiger charge is 2.22. The molecule has 21 heavy (non-hydrogen) atoms. The third-order valence-corrected chi connectivity index (χ3v) is 4.41. The first kappa shape index (κ1) is 16.1. The second-order valence-electron chi connectivity index (χ2n) is 6.26. The maximum atomic E-state index is 13.6. The van der Waals surface area contributed by atoms with Crippen molar-refractivity contribution < 1.29 is 13.6 Å². The van der Waals surface area contributed by atoms with Crippen molar-refractivity contribution in [2.75, 3.05) is 19.6 Å². The summed E-state index contributed by atoms with van der Waals surface area (Å²) in [6.45, 7) is 6.43. The van der Waals surface area contributed by atoms with Crippen LogP contribution in [0.5, 0.6) is 0 Å². The van der Waals surface area contributed by atoms with E-state index in [-0.39, 0.29) is 17.9 Å². The largest absolute Gasteiger partial charge is 0.296 e. The molecule has 1 aromatic rings. The SMILES string of the molecule is CC(C)C1CCCN(CC(=O)c2ccc(F)cc2F)CC1. The van der Waals surface area contributed by atoms with Crippen LogP contribution in [0.2, 0.25) is 0 Å². The van der Waals surface area contributed by atoms with Crippen LogP contribution in [0.25, 0.3) is 0 Å². The molecular formula is C17H23F2NO. The van der Waals surface area contributed by atoms with E-state index < -0.39 is 11.6 Å². The van der Waals surface area contributed by atoms with Crippen LogP contribution in [0.3, 0.4) is 0 Å². The molecule has 0 aromatic heterocycles. The fourth-order valence-corrected chi connectivity index (χ4v) is 3.01. The monoisotopic (exact) mass is 295 g/mol. The maximum absolute atomic E-state index is 13.6. The standard InChI is InChI=1S/C17H23F2NO/c1-12(2)13-4-3-8-20(9-7-13)11-17(21)15-6-5-14(18)10-16(15)19/h5-6,10,12-13H,3-4,7-9,11H2,1-2H3. The molecule has 1 heterocycles. The Kier molecular flexibility index (Phi) is 5.45. The van der Waals surface area contributed by atoms with E-state index >= 15 is 0 Å². The summed E-state index contributed by atoms with van der Waals surface area (Å²) in [6, 6.07) is 3.14. The number of benzene rings is 1. The van der Waals surface area contributed by atoms with Crippen molar-refractivity contribution in [3.63, 3.8) is 0 Å². The molecule has 0 aliphatic carbocycles. The molecule has 1 atom stereocenters. The molecule has 1 aliphatic heterocycles. The molecule has 0 radical (unpaired) electrons. The number of carbonyl (C=O) groups excluding carboxylic acids is 1. The van der Waals surface area contributed by atoms with Crippen LogP contribution in [-0.2, 0) is 0 Å². The maximum Gasteiger partial charge on any atom is 0.179 e. The summed E-state index contributed by atoms with van der Waals surface area (Å²) < 4.78 is 26.5. The summed E-state index contributed by atoms with van der Waals surface area (Å²) in [6.07, 6.45) is 3.34. The molecule has 0 bridgehead atoms. The first-order valence-corrected chi connectivity index (χ1v) is 7.68. The van der Waals surface area contributed by atoms with E-state index in [1.807, 2.05) is 0 Å². The van der Waals surface area contributed by atoms with Crippen molar-refractivity contribution >= 4 is 5.78 Å². The third kappa shape index (κ3) is 4.34. The summed E-state index contributed by atoms with van der Waals surface area (Å²) in [5.41, 5.74) is -0.0129. The fourth-order valence-electron chi connectivity index (χ4n) is 3.01. The number of halogens is 2. The third-order valence-electron chi connectivity index (χ3n) is 4.41. The van der Waals surface area contributed by atoms with E-state index in [0.717, 1.165) is 38.1 Å². The first-order valence-electron chi connectivity index (χ1n) is 7.68. The molecule has 1 aromatic carbocycles. The second kappa shape index (κ2) is 7.12. The second-order valence-corrected chi connectivity index (χ2v) is 6.26. The molecule has 1 aliphatic rings. The first-order chi connectivity index (χ1) is 9.97. The van der Waals surface area contributed by atoms with Crippen LogP contribution in [0.15, 0.2) is 18.2 Å². The Morgan fingerprint density at radius 1 is 1.29 bits per heavy atom. The minimum absolute atomic E-state index is 0.0129. The average molecular weight is 295 g/mol. The molecule has 116 valence electrons. The van der Waals surface area contributed by atoms with Gasteiger partial charge in [-0.1, -0.05) is 13.8 Å². The number of hydrogen-bond donors (Lipinski definition) is 0. The molecule has 1 fully saturated rings. The summed E-state index contributed by atoms with van der Waals surface area (Å²) in [5.74, 6) is -0.327. The Labute approximate surface area is 125 Å². The number of hydrogen-bond acceptors (Lipinski definition) is 2. The normalized spacial score (nSPS) is 20.5. The predicted molar refractivity (Wildman–Crippen MR) is 79.3 cm³/mol. The van der Waals surface area contributed by atoms with Gasteiger partial charge in [0.2, 0.25) is 0 Å². The van der Waals surface area contributed by atoms with Gasteiger partial charge in [0, 0.05) is 6.07 Å². The van der Waals surface area contributed by atoms with Crippen LogP contribution in [0, 0.1) is 23.5 Å². The van der Waals surface area contributed by atoms with Crippen molar-refractivity contribution in [2.45, 2.75) is 33.1 Å². The minimum Gasteiger partial charge on any atom is -0.296 e. The molecule has 1 saturated heterocycles. The zero-order chi connectivity index (χ0) is 15.4. The van der Waals surface area contributed by atoms with E-state index in [9.17, 15) is 13.6 Å². The zero-order valence-electron chi connectivity index (χ0n) is 12.7. The van der Waals surface area contributed by atoms with Crippen LogP contribution in [0.1, 0.15) is 43.5 Å². The van der Waals surface area contributed by atoms with Gasteiger partial charge in [0.05, 0.1) is 12.1 Å². The fraction of sp³-hybridized carbons (Fsp3) is 0.588. The highest BCUT2D eigenvalue weighted by atomic mass is 19.1. The Morgan fingerprint density at radius 2 is 2.05 bits per heavy atom. The smallest absolute Gasteiger partial charge is 0.179 e. The lowest BCUT2D eigenvalue weighted by Gasteiger charge is -2.20. The van der Waals surface area contributed by atoms with Gasteiger partial charge in [-0.2, -0.15) is 0 Å². The van der Waals surface area contributed by atoms with Crippen LogP contribution in [0.4, 0.5) is 8.78 Å². The quantitative estimate of drug-likeness (QED) is 0.785. The number of Topliss-reactive ketones (excluding diaryl/α,β-unsaturated/α-hetero) is 1. The average Bonchev–Trinajstić information content (AvgIpc) is 2.64. The van der Waals surface area contributed by atoms with Gasteiger partial charge in [0.1, 0.15) is 11.6 Å². The van der Waals surface area contributed by atoms with Crippen molar-refractivity contribution in [1.29, 1.82) is 0 Å². The van der Waals surface area contributed by atoms with E-state index in [0.29, 0.717) is 11.8 Å². The predicted octanol–water partition coefficient (Wildman–Crippen LogP) is 3.91. The number of likely N-dealkylation sites (tertiary alicyclic amines) is 1. The molecule has 2 rings (SSSR count). The molecule has 1 unspecified atom stereocenters. The van der Waals surface area contributed by atoms with Crippen LogP contribution in [-0.4, -0.2) is 30.3 Å². The van der Waals surface area contributed by atoms with Crippen molar-refractivity contribution in [3.05, 3.63) is 35.4 Å². The van der Waals surface area contributed by atoms with Gasteiger partial charge in [-0.3, -0.25) is 9.69 Å². The Morgan fingerprint density at radius 3 is 2.71 bits per heavy atom. The van der Waals surface area contributed by atoms with E-state index in [2.05, 4.69) is 18.7 Å². The molecule has 2 nitrogen and oxygen atoms in total. The molecule has 0 N–H and O–H groups in total. The molecule has 0 spiro atoms. The molecular weight excluding hydrogens is 272 g/mol. The zero-order valence-corrected chi connectivity index (χ0v) is 12.7. The van der Waals surface area contributed by atoms with Gasteiger partial charge < -0.3 is 0 Å². The van der Waals surface area contributed by atoms with E-state index in [1.54, 1.807) is 0 Å². The van der Waals surface area contributed by atoms with Gasteiger partial charge in [-0.15, -0.1) is 0 Å². The number of ketones is 1. The van der Waals surface area contributed by atoms with Crippen molar-refractivity contribution in [3.8, 4) is 0 Å². The van der Waals surface area contributed by atoms with Gasteiger partial charge >= 0.3 is 0 Å². The molecule has 0 amide bonds. The Balaban J connectivity index is 1.96. The van der Waals surface area contributed by atoms with E-state index in [4.69, 9.17) is 0 Å². The Hall–Kier alpha value is -1.29. The van der Waals surface area contributed by atoms with Crippen LogP contribution >= 0.6 is 0 Å². The lowest BCUT2D eigenvalue weighted by Crippen LogP contribution is -2.31.